The Morgan fingerprint density at radius 1 is 1.12 bits per heavy atom. The van der Waals surface area contributed by atoms with Crippen molar-refractivity contribution in [1.82, 2.24) is 24.8 Å². The van der Waals surface area contributed by atoms with Crippen LogP contribution in [0.25, 0.3) is 11.5 Å². The third-order valence-electron chi connectivity index (χ3n) is 6.16. The maximum atomic E-state index is 13.6. The molecule has 1 aliphatic carbocycles. The minimum absolute atomic E-state index is 0.00470. The molecule has 164 valence electrons. The predicted molar refractivity (Wildman–Crippen MR) is 114 cm³/mol. The van der Waals surface area contributed by atoms with Crippen molar-refractivity contribution >= 4 is 11.7 Å². The fourth-order valence-electron chi connectivity index (χ4n) is 4.70. The monoisotopic (exact) mass is 436 g/mol. The molecule has 3 atom stereocenters. The number of pyridine rings is 2. The lowest BCUT2D eigenvalue weighted by atomic mass is 10.0. The van der Waals surface area contributed by atoms with Gasteiger partial charge in [0.25, 0.3) is 12.3 Å². The molecule has 5 rings (SSSR count). The number of hydrogen-bond acceptors (Lipinski definition) is 6. The van der Waals surface area contributed by atoms with Crippen LogP contribution in [-0.4, -0.2) is 49.4 Å². The van der Waals surface area contributed by atoms with Gasteiger partial charge >= 0.3 is 0 Å². The van der Waals surface area contributed by atoms with Crippen LogP contribution < -0.4 is 5.32 Å². The van der Waals surface area contributed by atoms with Gasteiger partial charge in [-0.05, 0) is 56.0 Å². The molecule has 0 spiro atoms. The van der Waals surface area contributed by atoms with Crippen molar-refractivity contribution in [3.8, 4) is 11.5 Å². The topological polar surface area (TPSA) is 83.9 Å². The Balaban J connectivity index is 1.38. The lowest BCUT2D eigenvalue weighted by molar-refractivity contribution is 0.0692. The van der Waals surface area contributed by atoms with E-state index in [1.807, 2.05) is 17.9 Å². The number of fused-ring (bicyclic) bond motifs is 2. The first-order valence-corrected chi connectivity index (χ1v) is 10.6. The Kier molecular flexibility index (Phi) is 5.24. The van der Waals surface area contributed by atoms with Crippen molar-refractivity contribution in [1.29, 1.82) is 0 Å². The van der Waals surface area contributed by atoms with Crippen LogP contribution in [0, 0.1) is 12.8 Å². The zero-order valence-corrected chi connectivity index (χ0v) is 17.4. The minimum atomic E-state index is -2.54. The summed E-state index contributed by atoms with van der Waals surface area (Å²) in [6.07, 6.45) is 3.71. The number of halogens is 2. The van der Waals surface area contributed by atoms with Crippen molar-refractivity contribution in [2.45, 2.75) is 38.3 Å². The quantitative estimate of drug-likeness (QED) is 0.653. The molecule has 3 aromatic heterocycles. The molecule has 1 amide bonds. The maximum Gasteiger partial charge on any atom is 0.265 e. The molecule has 9 heteroatoms. The van der Waals surface area contributed by atoms with Crippen LogP contribution in [0.5, 0.6) is 0 Å². The van der Waals surface area contributed by atoms with Gasteiger partial charge in [0.15, 0.2) is 5.82 Å². The predicted octanol–water partition coefficient (Wildman–Crippen LogP) is 3.89. The van der Waals surface area contributed by atoms with Crippen LogP contribution in [0.2, 0.25) is 0 Å². The highest BCUT2D eigenvalue weighted by molar-refractivity contribution is 5.99. The van der Waals surface area contributed by atoms with Gasteiger partial charge in [-0.3, -0.25) is 4.79 Å². The van der Waals surface area contributed by atoms with E-state index in [-0.39, 0.29) is 23.6 Å². The average molecular weight is 436 g/mol. The summed E-state index contributed by atoms with van der Waals surface area (Å²) in [5.74, 6) is 1.24. The number of nitrogens with zero attached hydrogens (tertiary/aromatic N) is 5. The van der Waals surface area contributed by atoms with E-state index in [2.05, 4.69) is 25.3 Å². The third-order valence-corrected chi connectivity index (χ3v) is 6.16. The number of aromatic nitrogens is 4. The zero-order chi connectivity index (χ0) is 22.2. The number of amides is 1. The SMILES string of the molecule is Cc1ccc(C(=O)N2C[C@H]3C[C@@H](Nc4ccc(C(F)F)cn4)[C@@H]2C3)c(-c2ncccn2)n1. The van der Waals surface area contributed by atoms with E-state index < -0.39 is 6.43 Å². The fourth-order valence-corrected chi connectivity index (χ4v) is 4.70. The summed E-state index contributed by atoms with van der Waals surface area (Å²) in [4.78, 5) is 32.7. The molecular weight excluding hydrogens is 414 g/mol. The molecule has 0 unspecified atom stereocenters. The molecule has 0 radical (unpaired) electrons. The number of anilines is 1. The third kappa shape index (κ3) is 3.79. The Labute approximate surface area is 183 Å². The number of alkyl halides is 2. The fraction of sp³-hybridized carbons (Fsp3) is 0.348. The van der Waals surface area contributed by atoms with Gasteiger partial charge in [-0.15, -0.1) is 0 Å². The van der Waals surface area contributed by atoms with Crippen LogP contribution in [0.1, 0.15) is 40.9 Å². The van der Waals surface area contributed by atoms with Crippen molar-refractivity contribution in [3.63, 3.8) is 0 Å². The number of hydrogen-bond donors (Lipinski definition) is 1. The van der Waals surface area contributed by atoms with E-state index in [9.17, 15) is 13.6 Å². The first-order chi connectivity index (χ1) is 15.5. The van der Waals surface area contributed by atoms with E-state index in [0.29, 0.717) is 35.4 Å². The highest BCUT2D eigenvalue weighted by atomic mass is 19.3. The largest absolute Gasteiger partial charge is 0.365 e. The first kappa shape index (κ1) is 20.4. The van der Waals surface area contributed by atoms with Gasteiger partial charge in [-0.25, -0.2) is 28.7 Å². The van der Waals surface area contributed by atoms with Gasteiger partial charge in [0.1, 0.15) is 11.5 Å². The zero-order valence-electron chi connectivity index (χ0n) is 17.4. The molecule has 1 saturated heterocycles. The van der Waals surface area contributed by atoms with Gasteiger partial charge in [0, 0.05) is 42.4 Å². The summed E-state index contributed by atoms with van der Waals surface area (Å²) in [7, 11) is 0. The second kappa shape index (κ2) is 8.22. The highest BCUT2D eigenvalue weighted by Crippen LogP contribution is 2.40. The van der Waals surface area contributed by atoms with Gasteiger partial charge in [0.2, 0.25) is 0 Å². The smallest absolute Gasteiger partial charge is 0.265 e. The van der Waals surface area contributed by atoms with Gasteiger partial charge < -0.3 is 10.2 Å². The van der Waals surface area contributed by atoms with Crippen LogP contribution in [-0.2, 0) is 0 Å². The summed E-state index contributed by atoms with van der Waals surface area (Å²) in [5, 5.41) is 3.34. The molecule has 1 saturated carbocycles. The first-order valence-electron chi connectivity index (χ1n) is 10.6. The Hall–Kier alpha value is -3.49. The lowest BCUT2D eigenvalue weighted by Crippen LogP contribution is -2.48. The van der Waals surface area contributed by atoms with Crippen molar-refractivity contribution in [2.75, 3.05) is 11.9 Å². The Bertz CT molecular complexity index is 1130. The molecule has 2 aliphatic rings. The molecule has 1 N–H and O–H groups in total. The summed E-state index contributed by atoms with van der Waals surface area (Å²) >= 11 is 0. The van der Waals surface area contributed by atoms with Crippen molar-refractivity contribution < 1.29 is 13.6 Å². The van der Waals surface area contributed by atoms with E-state index in [4.69, 9.17) is 0 Å². The second-order valence-electron chi connectivity index (χ2n) is 8.31. The standard InChI is InChI=1S/C23H22F2N6O/c1-13-3-5-16(20(29-13)22-26-7-2-8-27-22)23(32)31-12-14-9-17(18(31)10-14)30-19-6-4-15(11-28-19)21(24)25/h2-8,11,14,17-18,21H,9-10,12H2,1H3,(H,28,30)/t14-,17+,18-/m0/s1. The number of piperidine rings is 1. The van der Waals surface area contributed by atoms with E-state index in [1.165, 1.54) is 12.3 Å². The van der Waals surface area contributed by atoms with Crippen LogP contribution >= 0.6 is 0 Å². The number of aryl methyl sites for hydroxylation is 1. The number of carbonyl (C=O) groups is 1. The molecule has 4 heterocycles. The normalized spacial score (nSPS) is 21.9. The van der Waals surface area contributed by atoms with Gasteiger partial charge in [0.05, 0.1) is 11.6 Å². The van der Waals surface area contributed by atoms with E-state index in [0.717, 1.165) is 18.5 Å². The summed E-state index contributed by atoms with van der Waals surface area (Å²) in [5.41, 5.74) is 1.63. The van der Waals surface area contributed by atoms with E-state index >= 15 is 0 Å². The van der Waals surface area contributed by atoms with Gasteiger partial charge in [-0.2, -0.15) is 0 Å². The maximum absolute atomic E-state index is 13.6. The number of rotatable bonds is 5. The van der Waals surface area contributed by atoms with Crippen LogP contribution in [0.3, 0.4) is 0 Å². The van der Waals surface area contributed by atoms with Crippen LogP contribution in [0.15, 0.2) is 48.9 Å². The number of likely N-dealkylation sites (tertiary alicyclic amines) is 1. The Morgan fingerprint density at radius 3 is 2.62 bits per heavy atom. The molecule has 2 bridgehead atoms. The van der Waals surface area contributed by atoms with E-state index in [1.54, 1.807) is 30.6 Å². The summed E-state index contributed by atoms with van der Waals surface area (Å²) in [6.45, 7) is 2.55. The molecule has 32 heavy (non-hydrogen) atoms. The van der Waals surface area contributed by atoms with Crippen LogP contribution in [0.4, 0.5) is 14.6 Å². The van der Waals surface area contributed by atoms with Gasteiger partial charge in [-0.1, -0.05) is 0 Å². The Morgan fingerprint density at radius 2 is 1.94 bits per heavy atom. The molecule has 3 aromatic rings. The second-order valence-corrected chi connectivity index (χ2v) is 8.31. The minimum Gasteiger partial charge on any atom is -0.365 e. The molecule has 0 aromatic carbocycles. The molecule has 2 fully saturated rings. The molecular formula is C23H22F2N6O. The average Bonchev–Trinajstić information content (AvgIpc) is 3.40. The van der Waals surface area contributed by atoms with Crippen molar-refractivity contribution in [3.05, 3.63) is 65.7 Å². The lowest BCUT2D eigenvalue weighted by Gasteiger charge is -2.34. The molecule has 7 nitrogen and oxygen atoms in total. The number of carbonyl (C=O) groups excluding carboxylic acids is 1. The van der Waals surface area contributed by atoms with Crippen molar-refractivity contribution in [2.24, 2.45) is 5.92 Å². The highest BCUT2D eigenvalue weighted by Gasteiger charge is 2.47. The molecule has 1 aliphatic heterocycles. The summed E-state index contributed by atoms with van der Waals surface area (Å²) < 4.78 is 25.6. The number of nitrogens with one attached hydrogen (secondary N) is 1. The summed E-state index contributed by atoms with van der Waals surface area (Å²) in [6, 6.07) is 8.27.